The molecular weight excluding hydrogens is 150 g/mol. The van der Waals surface area contributed by atoms with Gasteiger partial charge in [0.2, 0.25) is 0 Å². The molecular formula is C6H11NO2S. The number of thiol groups is 1. The topological polar surface area (TPSA) is 63.3 Å². The smallest absolute Gasteiger partial charge is 0.321 e. The van der Waals surface area contributed by atoms with Crippen molar-refractivity contribution in [3.05, 3.63) is 12.7 Å². The molecule has 10 heavy (non-hydrogen) atoms. The molecule has 0 amide bonds. The fourth-order valence-corrected chi connectivity index (χ4v) is 0.759. The average molecular weight is 161 g/mol. The van der Waals surface area contributed by atoms with Gasteiger partial charge in [0.05, 0.1) is 0 Å². The van der Waals surface area contributed by atoms with Crippen molar-refractivity contribution in [1.29, 1.82) is 0 Å². The van der Waals surface area contributed by atoms with E-state index in [0.29, 0.717) is 6.42 Å². The van der Waals surface area contributed by atoms with Gasteiger partial charge in [-0.15, -0.1) is 6.58 Å². The summed E-state index contributed by atoms with van der Waals surface area (Å²) < 4.78 is 0. The molecule has 0 fully saturated rings. The van der Waals surface area contributed by atoms with E-state index in [9.17, 15) is 4.79 Å². The highest BCUT2D eigenvalue weighted by atomic mass is 32.1. The Morgan fingerprint density at radius 1 is 1.90 bits per heavy atom. The molecule has 2 atom stereocenters. The van der Waals surface area contributed by atoms with Crippen molar-refractivity contribution in [2.24, 2.45) is 5.73 Å². The Morgan fingerprint density at radius 3 is 2.70 bits per heavy atom. The molecule has 0 aromatic rings. The minimum atomic E-state index is -1.03. The summed E-state index contributed by atoms with van der Waals surface area (Å²) in [6.45, 7) is 3.45. The van der Waals surface area contributed by atoms with E-state index in [2.05, 4.69) is 19.2 Å². The van der Waals surface area contributed by atoms with Crippen molar-refractivity contribution in [2.45, 2.75) is 17.7 Å². The van der Waals surface area contributed by atoms with Gasteiger partial charge in [-0.1, -0.05) is 6.08 Å². The number of carboxylic acid groups (broad SMARTS) is 1. The van der Waals surface area contributed by atoms with Gasteiger partial charge in [0.1, 0.15) is 6.04 Å². The number of nitrogens with two attached hydrogens (primary N) is 1. The molecule has 0 saturated carbocycles. The Balaban J connectivity index is 3.80. The number of hydrogen-bond donors (Lipinski definition) is 3. The number of allylic oxidation sites excluding steroid dienone is 1. The van der Waals surface area contributed by atoms with Crippen LogP contribution in [0.15, 0.2) is 12.7 Å². The Labute approximate surface area is 65.3 Å². The maximum Gasteiger partial charge on any atom is 0.321 e. The molecule has 1 unspecified atom stereocenters. The Kier molecular flexibility index (Phi) is 4.14. The molecule has 0 spiro atoms. The first kappa shape index (κ1) is 9.52. The van der Waals surface area contributed by atoms with Crippen LogP contribution in [0.25, 0.3) is 0 Å². The van der Waals surface area contributed by atoms with Gasteiger partial charge in [0.25, 0.3) is 0 Å². The van der Waals surface area contributed by atoms with Crippen LogP contribution in [-0.2, 0) is 4.79 Å². The zero-order valence-electron chi connectivity index (χ0n) is 5.53. The summed E-state index contributed by atoms with van der Waals surface area (Å²) in [5.41, 5.74) is 5.22. The third-order valence-corrected chi connectivity index (χ3v) is 1.64. The van der Waals surface area contributed by atoms with Gasteiger partial charge in [-0.05, 0) is 6.42 Å². The summed E-state index contributed by atoms with van der Waals surface area (Å²) in [5.74, 6) is -1.03. The van der Waals surface area contributed by atoms with Crippen LogP contribution >= 0.6 is 12.6 Å². The number of rotatable bonds is 4. The van der Waals surface area contributed by atoms with Crippen LogP contribution in [0.1, 0.15) is 6.42 Å². The quantitative estimate of drug-likeness (QED) is 0.410. The maximum atomic E-state index is 10.2. The van der Waals surface area contributed by atoms with Crippen molar-refractivity contribution in [3.63, 3.8) is 0 Å². The van der Waals surface area contributed by atoms with E-state index < -0.39 is 12.0 Å². The van der Waals surface area contributed by atoms with Gasteiger partial charge in [-0.2, -0.15) is 12.6 Å². The normalized spacial score (nSPS) is 15.8. The molecule has 0 saturated heterocycles. The molecule has 0 bridgehead atoms. The van der Waals surface area contributed by atoms with E-state index in [1.807, 2.05) is 0 Å². The summed E-state index contributed by atoms with van der Waals surface area (Å²) in [6.07, 6.45) is 2.11. The second-order valence-corrected chi connectivity index (χ2v) is 2.62. The molecule has 58 valence electrons. The standard InChI is InChI=1S/C6H11NO2S/c1-2-3-4(10)5(7)6(8)9/h2,4-5,10H,1,3,7H2,(H,8,9)/t4?,5-/m0/s1. The van der Waals surface area contributed by atoms with Crippen molar-refractivity contribution in [2.75, 3.05) is 0 Å². The third kappa shape index (κ3) is 2.89. The molecule has 0 aliphatic carbocycles. The van der Waals surface area contributed by atoms with Gasteiger partial charge in [0, 0.05) is 5.25 Å². The summed E-state index contributed by atoms with van der Waals surface area (Å²) in [7, 11) is 0. The van der Waals surface area contributed by atoms with Gasteiger partial charge < -0.3 is 10.8 Å². The molecule has 0 radical (unpaired) electrons. The van der Waals surface area contributed by atoms with E-state index in [4.69, 9.17) is 10.8 Å². The Hall–Kier alpha value is -0.480. The first-order valence-electron chi connectivity index (χ1n) is 2.87. The highest BCUT2D eigenvalue weighted by Crippen LogP contribution is 2.05. The van der Waals surface area contributed by atoms with Gasteiger partial charge in [-0.3, -0.25) is 4.79 Å². The molecule has 4 heteroatoms. The van der Waals surface area contributed by atoms with Gasteiger partial charge >= 0.3 is 5.97 Å². The predicted octanol–water partition coefficient (Wildman–Crippen LogP) is 0.273. The van der Waals surface area contributed by atoms with E-state index in [1.165, 1.54) is 0 Å². The van der Waals surface area contributed by atoms with Crippen LogP contribution in [0.5, 0.6) is 0 Å². The fourth-order valence-electron chi connectivity index (χ4n) is 0.482. The summed E-state index contributed by atoms with van der Waals surface area (Å²) >= 11 is 3.97. The zero-order chi connectivity index (χ0) is 8.15. The van der Waals surface area contributed by atoms with E-state index >= 15 is 0 Å². The third-order valence-electron chi connectivity index (χ3n) is 1.11. The Morgan fingerprint density at radius 2 is 2.40 bits per heavy atom. The first-order valence-corrected chi connectivity index (χ1v) is 3.38. The van der Waals surface area contributed by atoms with Gasteiger partial charge in [-0.25, -0.2) is 0 Å². The van der Waals surface area contributed by atoms with E-state index in [1.54, 1.807) is 6.08 Å². The lowest BCUT2D eigenvalue weighted by atomic mass is 10.1. The monoisotopic (exact) mass is 161 g/mol. The molecule has 3 N–H and O–H groups in total. The van der Waals surface area contributed by atoms with Crippen molar-refractivity contribution in [3.8, 4) is 0 Å². The summed E-state index contributed by atoms with van der Waals surface area (Å²) in [5, 5.41) is 8.03. The molecule has 0 rings (SSSR count). The van der Waals surface area contributed by atoms with Crippen LogP contribution < -0.4 is 5.73 Å². The lowest BCUT2D eigenvalue weighted by molar-refractivity contribution is -0.138. The number of aliphatic carboxylic acids is 1. The van der Waals surface area contributed by atoms with Crippen molar-refractivity contribution < 1.29 is 9.90 Å². The number of carboxylic acids is 1. The lowest BCUT2D eigenvalue weighted by Crippen LogP contribution is -2.38. The lowest BCUT2D eigenvalue weighted by Gasteiger charge is -2.11. The fraction of sp³-hybridized carbons (Fsp3) is 0.500. The summed E-state index contributed by atoms with van der Waals surface area (Å²) in [4.78, 5) is 10.2. The minimum Gasteiger partial charge on any atom is -0.480 e. The van der Waals surface area contributed by atoms with Crippen LogP contribution in [0, 0.1) is 0 Å². The zero-order valence-corrected chi connectivity index (χ0v) is 6.42. The van der Waals surface area contributed by atoms with E-state index in [-0.39, 0.29) is 5.25 Å². The van der Waals surface area contributed by atoms with Crippen molar-refractivity contribution in [1.82, 2.24) is 0 Å². The number of hydrogen-bond acceptors (Lipinski definition) is 3. The highest BCUT2D eigenvalue weighted by molar-refractivity contribution is 7.81. The van der Waals surface area contributed by atoms with E-state index in [0.717, 1.165) is 0 Å². The molecule has 0 aliphatic heterocycles. The highest BCUT2D eigenvalue weighted by Gasteiger charge is 2.18. The van der Waals surface area contributed by atoms with Crippen LogP contribution in [0.2, 0.25) is 0 Å². The number of carbonyl (C=O) groups is 1. The molecule has 0 heterocycles. The molecule has 0 aromatic carbocycles. The second kappa shape index (κ2) is 4.35. The summed E-state index contributed by atoms with van der Waals surface area (Å²) in [6, 6.07) is -0.902. The first-order chi connectivity index (χ1) is 4.59. The van der Waals surface area contributed by atoms with Crippen LogP contribution in [-0.4, -0.2) is 22.4 Å². The maximum absolute atomic E-state index is 10.2. The average Bonchev–Trinajstić information content (AvgIpc) is 1.87. The van der Waals surface area contributed by atoms with Crippen molar-refractivity contribution >= 4 is 18.6 Å². The molecule has 3 nitrogen and oxygen atoms in total. The molecule has 0 aromatic heterocycles. The molecule has 0 aliphatic rings. The predicted molar refractivity (Wildman–Crippen MR) is 43.2 cm³/mol. The van der Waals surface area contributed by atoms with Crippen LogP contribution in [0.3, 0.4) is 0 Å². The largest absolute Gasteiger partial charge is 0.480 e. The Bertz CT molecular complexity index is 138. The van der Waals surface area contributed by atoms with Gasteiger partial charge in [0.15, 0.2) is 0 Å². The second-order valence-electron chi connectivity index (χ2n) is 1.96. The van der Waals surface area contributed by atoms with Crippen LogP contribution in [0.4, 0.5) is 0 Å². The minimum absolute atomic E-state index is 0.338. The SMILES string of the molecule is C=CCC(S)[C@H](N)C(=O)O.